The van der Waals surface area contributed by atoms with E-state index in [1.165, 1.54) is 4.90 Å². The maximum absolute atomic E-state index is 12.4. The zero-order valence-electron chi connectivity index (χ0n) is 13.4. The highest BCUT2D eigenvalue weighted by Crippen LogP contribution is 2.32. The van der Waals surface area contributed by atoms with Crippen LogP contribution in [-0.2, 0) is 22.6 Å². The van der Waals surface area contributed by atoms with E-state index in [4.69, 9.17) is 4.74 Å². The van der Waals surface area contributed by atoms with E-state index in [0.29, 0.717) is 18.5 Å². The van der Waals surface area contributed by atoms with Crippen LogP contribution in [0.2, 0.25) is 0 Å². The lowest BCUT2D eigenvalue weighted by Crippen LogP contribution is -2.44. The molecule has 5 nitrogen and oxygen atoms in total. The summed E-state index contributed by atoms with van der Waals surface area (Å²) in [6.07, 6.45) is 0.0325. The topological polar surface area (TPSA) is 66.8 Å². The first kappa shape index (κ1) is 16.1. The van der Waals surface area contributed by atoms with Crippen molar-refractivity contribution in [1.29, 1.82) is 0 Å². The van der Waals surface area contributed by atoms with Gasteiger partial charge in [0.25, 0.3) is 0 Å². The fraction of sp³-hybridized carbons (Fsp3) is 0.263. The third-order valence-corrected chi connectivity index (χ3v) is 4.33. The smallest absolute Gasteiger partial charge is 0.411 e. The molecule has 0 aliphatic carbocycles. The molecule has 1 amide bonds. The molecule has 0 saturated heterocycles. The molecule has 1 aliphatic heterocycles. The van der Waals surface area contributed by atoms with E-state index in [0.717, 1.165) is 16.7 Å². The molecular formula is C19H19NO4. The number of fused-ring (bicyclic) bond motifs is 1. The van der Waals surface area contributed by atoms with Gasteiger partial charge in [0.05, 0.1) is 0 Å². The Morgan fingerprint density at radius 3 is 2.62 bits per heavy atom. The number of nitrogens with zero attached hydrogens (tertiary/aromatic N) is 1. The van der Waals surface area contributed by atoms with Gasteiger partial charge < -0.3 is 9.84 Å². The first-order valence-electron chi connectivity index (χ1n) is 7.86. The predicted molar refractivity (Wildman–Crippen MR) is 88.6 cm³/mol. The summed E-state index contributed by atoms with van der Waals surface area (Å²) in [7, 11) is 0. The number of benzene rings is 2. The molecule has 0 radical (unpaired) electrons. The summed E-state index contributed by atoms with van der Waals surface area (Å²) in [4.78, 5) is 25.5. The minimum Gasteiger partial charge on any atom is -0.479 e. The van der Waals surface area contributed by atoms with Gasteiger partial charge in [-0.1, -0.05) is 48.5 Å². The highest BCUT2D eigenvalue weighted by Gasteiger charge is 2.37. The SMILES string of the molecule is Cc1cccc2c1CCN(C(=O)OCc1ccccc1)C2C(=O)O. The third kappa shape index (κ3) is 3.11. The highest BCUT2D eigenvalue weighted by molar-refractivity contribution is 5.82. The number of hydrogen-bond donors (Lipinski definition) is 1. The fourth-order valence-corrected chi connectivity index (χ4v) is 3.12. The zero-order chi connectivity index (χ0) is 17.1. The Bertz CT molecular complexity index is 757. The molecule has 1 atom stereocenters. The van der Waals surface area contributed by atoms with Crippen LogP contribution in [0.25, 0.3) is 0 Å². The highest BCUT2D eigenvalue weighted by atomic mass is 16.6. The molecule has 1 N–H and O–H groups in total. The van der Waals surface area contributed by atoms with E-state index >= 15 is 0 Å². The second-order valence-electron chi connectivity index (χ2n) is 5.87. The fourth-order valence-electron chi connectivity index (χ4n) is 3.12. The molecule has 24 heavy (non-hydrogen) atoms. The molecule has 5 heteroatoms. The van der Waals surface area contributed by atoms with Crippen LogP contribution in [0.4, 0.5) is 4.79 Å². The molecule has 0 saturated carbocycles. The summed E-state index contributed by atoms with van der Waals surface area (Å²) < 4.78 is 5.32. The van der Waals surface area contributed by atoms with Crippen LogP contribution in [0.3, 0.4) is 0 Å². The number of carbonyl (C=O) groups is 2. The van der Waals surface area contributed by atoms with Crippen LogP contribution >= 0.6 is 0 Å². The number of rotatable bonds is 3. The van der Waals surface area contributed by atoms with Gasteiger partial charge in [-0.2, -0.15) is 0 Å². The monoisotopic (exact) mass is 325 g/mol. The van der Waals surface area contributed by atoms with E-state index in [9.17, 15) is 14.7 Å². The Morgan fingerprint density at radius 2 is 1.92 bits per heavy atom. The van der Waals surface area contributed by atoms with Crippen LogP contribution in [0.15, 0.2) is 48.5 Å². The van der Waals surface area contributed by atoms with Crippen molar-refractivity contribution in [2.45, 2.75) is 26.0 Å². The molecule has 1 heterocycles. The van der Waals surface area contributed by atoms with Gasteiger partial charge in [0, 0.05) is 6.54 Å². The van der Waals surface area contributed by atoms with Gasteiger partial charge >= 0.3 is 12.1 Å². The van der Waals surface area contributed by atoms with Gasteiger partial charge in [0.1, 0.15) is 6.61 Å². The molecule has 3 rings (SSSR count). The minimum atomic E-state index is -1.04. The van der Waals surface area contributed by atoms with Gasteiger partial charge in [0.15, 0.2) is 6.04 Å². The Labute approximate surface area is 140 Å². The number of aryl methyl sites for hydroxylation is 1. The lowest BCUT2D eigenvalue weighted by atomic mass is 9.90. The lowest BCUT2D eigenvalue weighted by molar-refractivity contribution is -0.143. The maximum Gasteiger partial charge on any atom is 0.411 e. The molecular weight excluding hydrogens is 306 g/mol. The van der Waals surface area contributed by atoms with E-state index in [2.05, 4.69) is 0 Å². The van der Waals surface area contributed by atoms with Gasteiger partial charge in [-0.3, -0.25) is 4.90 Å². The van der Waals surface area contributed by atoms with E-state index in [1.807, 2.05) is 49.4 Å². The molecule has 2 aromatic carbocycles. The van der Waals surface area contributed by atoms with E-state index in [-0.39, 0.29) is 6.61 Å². The van der Waals surface area contributed by atoms with Crippen LogP contribution in [0, 0.1) is 6.92 Å². The van der Waals surface area contributed by atoms with Crippen LogP contribution in [0.1, 0.15) is 28.3 Å². The van der Waals surface area contributed by atoms with Crippen molar-refractivity contribution in [2.24, 2.45) is 0 Å². The third-order valence-electron chi connectivity index (χ3n) is 4.33. The molecule has 0 spiro atoms. The normalized spacial score (nSPS) is 16.4. The second kappa shape index (κ2) is 6.74. The average molecular weight is 325 g/mol. The summed E-state index contributed by atoms with van der Waals surface area (Å²) in [5.41, 5.74) is 3.60. The maximum atomic E-state index is 12.4. The van der Waals surface area contributed by atoms with E-state index < -0.39 is 18.1 Å². The Balaban J connectivity index is 1.80. The van der Waals surface area contributed by atoms with Gasteiger partial charge in [-0.25, -0.2) is 9.59 Å². The summed E-state index contributed by atoms with van der Waals surface area (Å²) >= 11 is 0. The number of ether oxygens (including phenoxy) is 1. The Morgan fingerprint density at radius 1 is 1.17 bits per heavy atom. The molecule has 1 unspecified atom stereocenters. The first-order chi connectivity index (χ1) is 11.6. The number of carboxylic acid groups (broad SMARTS) is 1. The molecule has 124 valence electrons. The number of hydrogen-bond acceptors (Lipinski definition) is 3. The molecule has 0 fully saturated rings. The number of carbonyl (C=O) groups excluding carboxylic acids is 1. The van der Waals surface area contributed by atoms with Crippen molar-refractivity contribution in [3.63, 3.8) is 0 Å². The number of amides is 1. The molecule has 0 bridgehead atoms. The van der Waals surface area contributed by atoms with Gasteiger partial charge in [-0.05, 0) is 35.6 Å². The standard InChI is InChI=1S/C19H19NO4/c1-13-6-5-9-16-15(13)10-11-20(17(16)18(21)22)19(23)24-12-14-7-3-2-4-8-14/h2-9,17H,10-12H2,1H3,(H,21,22). The molecule has 2 aromatic rings. The van der Waals surface area contributed by atoms with Crippen molar-refractivity contribution in [2.75, 3.05) is 6.54 Å². The summed E-state index contributed by atoms with van der Waals surface area (Å²) in [6.45, 7) is 2.42. The summed E-state index contributed by atoms with van der Waals surface area (Å²) in [5.74, 6) is -1.04. The quantitative estimate of drug-likeness (QED) is 0.940. The van der Waals surface area contributed by atoms with Crippen LogP contribution in [0.5, 0.6) is 0 Å². The Kier molecular flexibility index (Phi) is 4.51. The van der Waals surface area contributed by atoms with Crippen molar-refractivity contribution in [1.82, 2.24) is 4.90 Å². The van der Waals surface area contributed by atoms with E-state index in [1.54, 1.807) is 6.07 Å². The predicted octanol–water partition coefficient (Wildman–Crippen LogP) is 3.32. The molecule has 1 aliphatic rings. The number of aliphatic carboxylic acids is 1. The van der Waals surface area contributed by atoms with Crippen LogP contribution < -0.4 is 0 Å². The number of carboxylic acids is 1. The van der Waals surface area contributed by atoms with Crippen LogP contribution in [-0.4, -0.2) is 28.6 Å². The molecule has 0 aromatic heterocycles. The van der Waals surface area contributed by atoms with Crippen molar-refractivity contribution >= 4 is 12.1 Å². The minimum absolute atomic E-state index is 0.128. The summed E-state index contributed by atoms with van der Waals surface area (Å²) in [5, 5.41) is 9.63. The largest absolute Gasteiger partial charge is 0.479 e. The first-order valence-corrected chi connectivity index (χ1v) is 7.86. The van der Waals surface area contributed by atoms with Gasteiger partial charge in [0.2, 0.25) is 0 Å². The average Bonchev–Trinajstić information content (AvgIpc) is 2.59. The van der Waals surface area contributed by atoms with Gasteiger partial charge in [-0.15, -0.1) is 0 Å². The van der Waals surface area contributed by atoms with Crippen molar-refractivity contribution in [3.8, 4) is 0 Å². The lowest BCUT2D eigenvalue weighted by Gasteiger charge is -2.34. The van der Waals surface area contributed by atoms with Crippen molar-refractivity contribution < 1.29 is 19.4 Å². The zero-order valence-corrected chi connectivity index (χ0v) is 13.4. The van der Waals surface area contributed by atoms with Crippen molar-refractivity contribution in [3.05, 3.63) is 70.8 Å². The summed E-state index contributed by atoms with van der Waals surface area (Å²) in [6, 6.07) is 13.9. The second-order valence-corrected chi connectivity index (χ2v) is 5.87. The Hall–Kier alpha value is -2.82.